The minimum absolute atomic E-state index is 0.242. The molecule has 142 valence electrons. The molecule has 1 fully saturated rings. The zero-order valence-electron chi connectivity index (χ0n) is 15.6. The Balaban J connectivity index is 1.39. The van der Waals surface area contributed by atoms with Crippen LogP contribution in [0.1, 0.15) is 29.8 Å². The second-order valence-corrected chi connectivity index (χ2v) is 8.20. The van der Waals surface area contributed by atoms with Crippen molar-refractivity contribution in [3.8, 4) is 0 Å². The van der Waals surface area contributed by atoms with Crippen LogP contribution in [0.15, 0.2) is 35.7 Å². The standard InChI is InChI=1S/C21H25FN4S/c1-15-19-14-16(22)6-7-20(19)25-21(24-15)26-11-2-4-17(9-12-26)23-10-8-18-5-3-13-27-18/h3,5-7,13-14,17,23H,2,4,8-12H2,1H3/t17-/m0/s1. The molecule has 2 aromatic heterocycles. The van der Waals surface area contributed by atoms with Crippen molar-refractivity contribution < 1.29 is 4.39 Å². The van der Waals surface area contributed by atoms with E-state index in [0.29, 0.717) is 6.04 Å². The van der Waals surface area contributed by atoms with Gasteiger partial charge >= 0.3 is 0 Å². The van der Waals surface area contributed by atoms with E-state index < -0.39 is 0 Å². The molecule has 4 rings (SSSR count). The van der Waals surface area contributed by atoms with Gasteiger partial charge in [0.25, 0.3) is 0 Å². The van der Waals surface area contributed by atoms with Gasteiger partial charge in [0.2, 0.25) is 5.95 Å². The summed E-state index contributed by atoms with van der Waals surface area (Å²) in [5.41, 5.74) is 1.65. The Hall–Kier alpha value is -2.05. The Morgan fingerprint density at radius 1 is 1.22 bits per heavy atom. The van der Waals surface area contributed by atoms with Gasteiger partial charge in [-0.05, 0) is 62.3 Å². The van der Waals surface area contributed by atoms with E-state index in [1.165, 1.54) is 23.4 Å². The predicted octanol–water partition coefficient (Wildman–Crippen LogP) is 4.33. The van der Waals surface area contributed by atoms with Crippen LogP contribution in [0.5, 0.6) is 0 Å². The van der Waals surface area contributed by atoms with Crippen molar-refractivity contribution in [1.82, 2.24) is 15.3 Å². The van der Waals surface area contributed by atoms with Gasteiger partial charge in [-0.2, -0.15) is 0 Å². The van der Waals surface area contributed by atoms with Crippen molar-refractivity contribution in [2.24, 2.45) is 0 Å². The second-order valence-electron chi connectivity index (χ2n) is 7.17. The lowest BCUT2D eigenvalue weighted by atomic mass is 10.1. The average Bonchev–Trinajstić information content (AvgIpc) is 3.06. The lowest BCUT2D eigenvalue weighted by molar-refractivity contribution is 0.474. The molecule has 0 aliphatic carbocycles. The lowest BCUT2D eigenvalue weighted by Crippen LogP contribution is -2.32. The van der Waals surface area contributed by atoms with E-state index in [4.69, 9.17) is 4.98 Å². The maximum Gasteiger partial charge on any atom is 0.226 e. The van der Waals surface area contributed by atoms with Crippen molar-refractivity contribution in [3.63, 3.8) is 0 Å². The molecule has 0 amide bonds. The molecule has 1 aliphatic rings. The van der Waals surface area contributed by atoms with Gasteiger partial charge in [0, 0.05) is 35.9 Å². The van der Waals surface area contributed by atoms with Crippen molar-refractivity contribution in [2.45, 2.75) is 38.6 Å². The fourth-order valence-electron chi connectivity index (χ4n) is 3.73. The second kappa shape index (κ2) is 8.31. The van der Waals surface area contributed by atoms with Crippen LogP contribution < -0.4 is 10.2 Å². The summed E-state index contributed by atoms with van der Waals surface area (Å²) >= 11 is 1.83. The minimum atomic E-state index is -0.242. The van der Waals surface area contributed by atoms with Crippen LogP contribution in [-0.4, -0.2) is 35.6 Å². The van der Waals surface area contributed by atoms with E-state index >= 15 is 0 Å². The SMILES string of the molecule is Cc1nc(N2CCC[C@H](NCCc3cccs3)CC2)nc2ccc(F)cc12. The summed E-state index contributed by atoms with van der Waals surface area (Å²) in [6.45, 7) is 4.88. The Morgan fingerprint density at radius 3 is 3.00 bits per heavy atom. The number of nitrogens with zero attached hydrogens (tertiary/aromatic N) is 3. The summed E-state index contributed by atoms with van der Waals surface area (Å²) in [7, 11) is 0. The number of thiophene rings is 1. The van der Waals surface area contributed by atoms with Gasteiger partial charge < -0.3 is 10.2 Å². The first-order valence-electron chi connectivity index (χ1n) is 9.63. The van der Waals surface area contributed by atoms with Crippen molar-refractivity contribution >= 4 is 28.2 Å². The summed E-state index contributed by atoms with van der Waals surface area (Å²) in [6.07, 6.45) is 4.50. The zero-order chi connectivity index (χ0) is 18.6. The third-order valence-corrected chi connectivity index (χ3v) is 6.17. The third-order valence-electron chi connectivity index (χ3n) is 5.23. The summed E-state index contributed by atoms with van der Waals surface area (Å²) in [5, 5.41) is 6.65. The molecule has 3 heterocycles. The summed E-state index contributed by atoms with van der Waals surface area (Å²) in [6, 6.07) is 9.59. The molecule has 3 aromatic rings. The van der Waals surface area contributed by atoms with Gasteiger partial charge in [-0.15, -0.1) is 11.3 Å². The lowest BCUT2D eigenvalue weighted by Gasteiger charge is -2.21. The molecule has 1 saturated heterocycles. The Bertz CT molecular complexity index is 897. The molecule has 0 unspecified atom stereocenters. The van der Waals surface area contributed by atoms with Gasteiger partial charge in [-0.1, -0.05) is 6.07 Å². The van der Waals surface area contributed by atoms with E-state index in [0.717, 1.165) is 61.4 Å². The van der Waals surface area contributed by atoms with Gasteiger partial charge in [-0.3, -0.25) is 0 Å². The van der Waals surface area contributed by atoms with Crippen LogP contribution in [0.25, 0.3) is 10.9 Å². The number of aromatic nitrogens is 2. The molecule has 1 atom stereocenters. The number of hydrogen-bond acceptors (Lipinski definition) is 5. The Labute approximate surface area is 163 Å². The Morgan fingerprint density at radius 2 is 2.15 bits per heavy atom. The molecular weight excluding hydrogens is 359 g/mol. The van der Waals surface area contributed by atoms with Crippen molar-refractivity contribution in [1.29, 1.82) is 0 Å². The maximum absolute atomic E-state index is 13.5. The first kappa shape index (κ1) is 18.3. The number of aryl methyl sites for hydroxylation is 1. The van der Waals surface area contributed by atoms with Gasteiger partial charge in [-0.25, -0.2) is 14.4 Å². The topological polar surface area (TPSA) is 41.1 Å². The highest BCUT2D eigenvalue weighted by molar-refractivity contribution is 7.09. The molecule has 1 N–H and O–H groups in total. The Kier molecular flexibility index (Phi) is 5.64. The zero-order valence-corrected chi connectivity index (χ0v) is 16.4. The predicted molar refractivity (Wildman–Crippen MR) is 110 cm³/mol. The maximum atomic E-state index is 13.5. The fourth-order valence-corrected chi connectivity index (χ4v) is 4.44. The first-order chi connectivity index (χ1) is 13.2. The van der Waals surface area contributed by atoms with Crippen LogP contribution in [0.4, 0.5) is 10.3 Å². The van der Waals surface area contributed by atoms with Gasteiger partial charge in [0.15, 0.2) is 0 Å². The largest absolute Gasteiger partial charge is 0.341 e. The van der Waals surface area contributed by atoms with Crippen LogP contribution in [-0.2, 0) is 6.42 Å². The number of hydrogen-bond donors (Lipinski definition) is 1. The first-order valence-corrected chi connectivity index (χ1v) is 10.5. The molecule has 0 spiro atoms. The number of rotatable bonds is 5. The normalized spacial score (nSPS) is 18.0. The van der Waals surface area contributed by atoms with Crippen LogP contribution in [0, 0.1) is 12.7 Å². The number of benzene rings is 1. The number of fused-ring (bicyclic) bond motifs is 1. The van der Waals surface area contributed by atoms with E-state index in [-0.39, 0.29) is 5.82 Å². The number of nitrogens with one attached hydrogen (secondary N) is 1. The molecule has 0 radical (unpaired) electrons. The molecule has 1 aromatic carbocycles. The average molecular weight is 385 g/mol. The number of halogens is 1. The van der Waals surface area contributed by atoms with E-state index in [9.17, 15) is 4.39 Å². The fraction of sp³-hybridized carbons (Fsp3) is 0.429. The van der Waals surface area contributed by atoms with Crippen LogP contribution in [0.2, 0.25) is 0 Å². The van der Waals surface area contributed by atoms with E-state index in [1.54, 1.807) is 6.07 Å². The molecule has 6 heteroatoms. The van der Waals surface area contributed by atoms with Crippen LogP contribution >= 0.6 is 11.3 Å². The smallest absolute Gasteiger partial charge is 0.226 e. The van der Waals surface area contributed by atoms with Gasteiger partial charge in [0.1, 0.15) is 5.82 Å². The molecule has 0 saturated carbocycles. The minimum Gasteiger partial charge on any atom is -0.341 e. The van der Waals surface area contributed by atoms with Crippen LogP contribution in [0.3, 0.4) is 0 Å². The highest BCUT2D eigenvalue weighted by Gasteiger charge is 2.19. The van der Waals surface area contributed by atoms with Gasteiger partial charge in [0.05, 0.1) is 11.2 Å². The molecule has 0 bridgehead atoms. The molecule has 4 nitrogen and oxygen atoms in total. The quantitative estimate of drug-likeness (QED) is 0.711. The summed E-state index contributed by atoms with van der Waals surface area (Å²) < 4.78 is 13.5. The monoisotopic (exact) mass is 384 g/mol. The highest BCUT2D eigenvalue weighted by atomic mass is 32.1. The van der Waals surface area contributed by atoms with E-state index in [2.05, 4.69) is 32.7 Å². The van der Waals surface area contributed by atoms with Crippen molar-refractivity contribution in [2.75, 3.05) is 24.5 Å². The summed E-state index contributed by atoms with van der Waals surface area (Å²) in [5.74, 6) is 0.527. The molecule has 27 heavy (non-hydrogen) atoms. The highest BCUT2D eigenvalue weighted by Crippen LogP contribution is 2.22. The number of anilines is 1. The van der Waals surface area contributed by atoms with E-state index in [1.807, 2.05) is 18.3 Å². The van der Waals surface area contributed by atoms with Crippen molar-refractivity contribution in [3.05, 3.63) is 52.1 Å². The summed E-state index contributed by atoms with van der Waals surface area (Å²) in [4.78, 5) is 13.1. The third kappa shape index (κ3) is 4.45. The molecular formula is C21H25FN4S. The molecule has 1 aliphatic heterocycles.